The van der Waals surface area contributed by atoms with Crippen LogP contribution in [0.4, 0.5) is 0 Å². The summed E-state index contributed by atoms with van der Waals surface area (Å²) < 4.78 is 17.8. The van der Waals surface area contributed by atoms with E-state index in [2.05, 4.69) is 202 Å². The fourth-order valence-corrected chi connectivity index (χ4v) is 13.4. The Labute approximate surface area is 565 Å². The van der Waals surface area contributed by atoms with Crippen molar-refractivity contribution in [3.05, 3.63) is 275 Å². The van der Waals surface area contributed by atoms with Crippen molar-refractivity contribution in [2.45, 2.75) is 118 Å². The van der Waals surface area contributed by atoms with Crippen LogP contribution in [0.15, 0.2) is 217 Å². The maximum absolute atomic E-state index is 12.3. The van der Waals surface area contributed by atoms with E-state index in [9.17, 15) is 10.2 Å². The molecule has 0 saturated carbocycles. The van der Waals surface area contributed by atoms with Crippen LogP contribution in [0.25, 0.3) is 75.9 Å². The molecule has 0 aliphatic rings. The molecule has 0 spiro atoms. The number of aromatic hydroxyl groups is 2. The molecule has 2 N–H and O–H groups in total. The fourth-order valence-electron chi connectivity index (χ4n) is 11.5. The topological polar surface area (TPSA) is 68.8 Å². The van der Waals surface area contributed by atoms with Gasteiger partial charge >= 0.3 is 0 Å². The maximum Gasteiger partial charge on any atom is 0.158 e. The van der Waals surface area contributed by atoms with Gasteiger partial charge in [-0.2, -0.15) is 49.2 Å². The third-order valence-corrected chi connectivity index (χ3v) is 18.8. The van der Waals surface area contributed by atoms with Crippen LogP contribution in [0.1, 0.15) is 128 Å². The maximum atomic E-state index is 12.3. The Bertz CT molecular complexity index is 4250. The van der Waals surface area contributed by atoms with Gasteiger partial charge in [-0.15, -0.1) is 46.9 Å². The molecule has 0 radical (unpaired) electrons. The molecule has 9 aromatic carbocycles. The van der Waals surface area contributed by atoms with Gasteiger partial charge in [-0.1, -0.05) is 168 Å². The van der Waals surface area contributed by atoms with Crippen molar-refractivity contribution >= 4 is 66.3 Å². The van der Waals surface area contributed by atoms with Crippen LogP contribution in [0.2, 0.25) is 0 Å². The van der Waals surface area contributed by atoms with E-state index in [0.29, 0.717) is 24.7 Å². The Balaban J connectivity index is 0.000000536. The van der Waals surface area contributed by atoms with Crippen LogP contribution < -0.4 is 9.47 Å². The molecule has 6 nitrogen and oxygen atoms in total. The first-order valence-electron chi connectivity index (χ1n) is 30.9. The first kappa shape index (κ1) is 65.7. The third-order valence-electron chi connectivity index (χ3n) is 16.8. The van der Waals surface area contributed by atoms with Crippen molar-refractivity contribution in [1.82, 2.24) is 9.13 Å². The number of hydrogen-bond acceptors (Lipinski definition) is 6. The Morgan fingerprint density at radius 3 is 0.912 bits per heavy atom. The minimum Gasteiger partial charge on any atom is -0.504 e. The molecule has 91 heavy (non-hydrogen) atoms. The van der Waals surface area contributed by atoms with Gasteiger partial charge in [0.05, 0.1) is 43.2 Å². The second-order valence-electron chi connectivity index (χ2n) is 27.5. The molecule has 0 unspecified atom stereocenters. The number of para-hydroxylation sites is 2. The van der Waals surface area contributed by atoms with Gasteiger partial charge in [0.1, 0.15) is 24.7 Å². The number of rotatable bonds is 10. The Morgan fingerprint density at radius 1 is 0.363 bits per heavy atom. The molecule has 0 aliphatic carbocycles. The van der Waals surface area contributed by atoms with Gasteiger partial charge in [0.25, 0.3) is 0 Å². The average molecular weight is 1400 g/mol. The van der Waals surface area contributed by atoms with E-state index in [4.69, 9.17) is 9.47 Å². The smallest absolute Gasteiger partial charge is 0.158 e. The zero-order valence-electron chi connectivity index (χ0n) is 54.5. The molecule has 0 fully saturated rings. The Hall–Kier alpha value is -8.21. The quantitative estimate of drug-likeness (QED) is 0.106. The Morgan fingerprint density at radius 2 is 0.637 bits per heavy atom. The zero-order chi connectivity index (χ0) is 63.9. The van der Waals surface area contributed by atoms with E-state index >= 15 is 0 Å². The third kappa shape index (κ3) is 14.0. The molecule has 4 heterocycles. The summed E-state index contributed by atoms with van der Waals surface area (Å²) in [6.07, 6.45) is 0. The normalized spacial score (nSPS) is 11.9. The minimum absolute atomic E-state index is 0. The summed E-state index contributed by atoms with van der Waals surface area (Å²) in [6.45, 7) is 35.0. The van der Waals surface area contributed by atoms with E-state index in [1.807, 2.05) is 121 Å². The van der Waals surface area contributed by atoms with E-state index in [1.54, 1.807) is 0 Å². The van der Waals surface area contributed by atoms with E-state index in [-0.39, 0.29) is 59.0 Å². The van der Waals surface area contributed by atoms with Gasteiger partial charge < -0.3 is 28.8 Å². The van der Waals surface area contributed by atoms with Crippen molar-refractivity contribution in [2.75, 3.05) is 0 Å². The summed E-state index contributed by atoms with van der Waals surface area (Å²) in [5.41, 5.74) is 16.5. The molecular formula is C82H82HfN2O4S2-2. The van der Waals surface area contributed by atoms with Crippen molar-refractivity contribution in [2.24, 2.45) is 0 Å². The molecule has 9 heteroatoms. The molecule has 0 bridgehead atoms. The number of nitrogens with zero attached hydrogens (tertiary/aromatic N) is 2. The number of thiophene rings is 2. The predicted octanol–water partition coefficient (Wildman–Crippen LogP) is 22.8. The SMILES string of the molecule is CC(C)(C)c1ccc2c(c1)c1cc(C(C)(C)C)ccc1n2-c1csc(-c2ccccc2OCc2ccccc2COc2ccccc2-c2scc(-n3c4ccc(C(C)(C)C)cc4c4cc(C(C)(C)C)ccc43)c2O)c1O.[CH2-]c1ccccc1.[CH2-]c1ccccc1.[Hf]. The summed E-state index contributed by atoms with van der Waals surface area (Å²) in [7, 11) is 0. The van der Waals surface area contributed by atoms with Crippen LogP contribution in [0, 0.1) is 13.8 Å². The summed E-state index contributed by atoms with van der Waals surface area (Å²) >= 11 is 3.04. The monoisotopic (exact) mass is 1400 g/mol. The average Bonchev–Trinajstić information content (AvgIpc) is 1.61. The summed E-state index contributed by atoms with van der Waals surface area (Å²) in [6, 6.07) is 70.9. The van der Waals surface area contributed by atoms with Crippen LogP contribution in [-0.4, -0.2) is 19.3 Å². The predicted molar refractivity (Wildman–Crippen MR) is 383 cm³/mol. The fraction of sp³-hybridized carbons (Fsp3) is 0.220. The zero-order valence-corrected chi connectivity index (χ0v) is 59.8. The largest absolute Gasteiger partial charge is 0.504 e. The van der Waals surface area contributed by atoms with Crippen LogP contribution in [0.5, 0.6) is 23.0 Å². The number of ether oxygens (including phenoxy) is 2. The van der Waals surface area contributed by atoms with Crippen molar-refractivity contribution in [3.8, 4) is 55.3 Å². The van der Waals surface area contributed by atoms with Gasteiger partial charge in [-0.25, -0.2) is 0 Å². The summed E-state index contributed by atoms with van der Waals surface area (Å²) in [4.78, 5) is 1.49. The van der Waals surface area contributed by atoms with E-state index in [0.717, 1.165) is 76.6 Å². The summed E-state index contributed by atoms with van der Waals surface area (Å²) in [5, 5.41) is 33.4. The molecular weight excluding hydrogens is 1320 g/mol. The van der Waals surface area contributed by atoms with Crippen molar-refractivity contribution in [3.63, 3.8) is 0 Å². The number of hydrogen-bond donors (Lipinski definition) is 2. The molecule has 13 rings (SSSR count). The molecule has 13 aromatic rings. The van der Waals surface area contributed by atoms with Gasteiger partial charge in [0, 0.05) is 69.3 Å². The molecule has 0 saturated heterocycles. The standard InChI is InChI=1S/C68H68N2O4S2.2C7H7.Hf/c1-65(2,3)43-25-29-53-49(33-43)50-34-44(66(4,5)6)26-30-54(50)69(53)57-39-75-63(61(57)71)47-21-15-17-23-59(47)73-37-41-19-13-14-20-42(41)38-74-60-24-18-16-22-48(60)64-62(72)58(40-76-64)70-55-31-27-45(67(7,8)9)35-51(55)52-36-46(68(10,11)12)28-32-56(52)70;2*1-7-5-3-2-4-6-7;/h13-36,39-40,71-72H,37-38H2,1-12H3;2*2-6H,1H2;/q;2*-1;. The second-order valence-corrected chi connectivity index (χ2v) is 29.3. The van der Waals surface area contributed by atoms with Crippen LogP contribution >= 0.6 is 22.7 Å². The molecule has 462 valence electrons. The van der Waals surface area contributed by atoms with Crippen LogP contribution in [-0.2, 0) is 60.7 Å². The molecule has 0 amide bonds. The molecule has 0 aliphatic heterocycles. The molecule has 0 atom stereocenters. The van der Waals surface area contributed by atoms with Gasteiger partial charge in [-0.05, 0) is 128 Å². The number of benzene rings is 9. The van der Waals surface area contributed by atoms with Gasteiger partial charge in [0.15, 0.2) is 11.5 Å². The van der Waals surface area contributed by atoms with Gasteiger partial charge in [0.2, 0.25) is 0 Å². The number of aromatic nitrogens is 2. The van der Waals surface area contributed by atoms with Crippen LogP contribution in [0.3, 0.4) is 0 Å². The first-order valence-corrected chi connectivity index (χ1v) is 32.7. The van der Waals surface area contributed by atoms with Crippen molar-refractivity contribution in [1.29, 1.82) is 0 Å². The first-order chi connectivity index (χ1) is 42.8. The second kappa shape index (κ2) is 26.6. The van der Waals surface area contributed by atoms with Gasteiger partial charge in [-0.3, -0.25) is 0 Å². The van der Waals surface area contributed by atoms with E-state index in [1.165, 1.54) is 66.5 Å². The van der Waals surface area contributed by atoms with Crippen molar-refractivity contribution < 1.29 is 45.5 Å². The number of fused-ring (bicyclic) bond motifs is 6. The summed E-state index contributed by atoms with van der Waals surface area (Å²) in [5.74, 6) is 1.79. The Kier molecular flexibility index (Phi) is 19.2. The molecule has 4 aromatic heterocycles. The minimum atomic E-state index is -0.0172. The van der Waals surface area contributed by atoms with E-state index < -0.39 is 0 Å².